The van der Waals surface area contributed by atoms with E-state index >= 15 is 0 Å². The first-order valence-electron chi connectivity index (χ1n) is 9.57. The summed E-state index contributed by atoms with van der Waals surface area (Å²) in [6.45, 7) is 0.904. The van der Waals surface area contributed by atoms with Crippen molar-refractivity contribution in [3.63, 3.8) is 0 Å². The van der Waals surface area contributed by atoms with Crippen LogP contribution in [0.25, 0.3) is 0 Å². The van der Waals surface area contributed by atoms with Crippen molar-refractivity contribution in [2.75, 3.05) is 30.3 Å². The Bertz CT molecular complexity index is 896. The maximum Gasteiger partial charge on any atom is 0.387 e. The topological polar surface area (TPSA) is 44.9 Å². The van der Waals surface area contributed by atoms with Crippen molar-refractivity contribution in [2.45, 2.75) is 25.7 Å². The van der Waals surface area contributed by atoms with Crippen LogP contribution in [0.3, 0.4) is 0 Å². The summed E-state index contributed by atoms with van der Waals surface area (Å²) in [5, 5.41) is 12.8. The predicted molar refractivity (Wildman–Crippen MR) is 109 cm³/mol. The number of alkyl halides is 2. The van der Waals surface area contributed by atoms with Gasteiger partial charge in [-0.3, -0.25) is 0 Å². The third-order valence-corrected chi connectivity index (χ3v) is 6.19. The average molecular weight is 501 g/mol. The molecule has 4 rings (SSSR count). The maximum absolute atomic E-state index is 12.5. The summed E-state index contributed by atoms with van der Waals surface area (Å²) in [5.41, 5.74) is 0.148. The smallest absolute Gasteiger partial charge is 0.387 e. The van der Waals surface area contributed by atoms with Gasteiger partial charge in [0.1, 0.15) is 17.2 Å². The van der Waals surface area contributed by atoms with Gasteiger partial charge in [0.2, 0.25) is 0 Å². The van der Waals surface area contributed by atoms with Crippen LogP contribution >= 0.6 is 11.8 Å². The second-order valence-corrected chi connectivity index (χ2v) is 7.95. The Labute approximate surface area is 189 Å². The Morgan fingerprint density at radius 1 is 1.13 bits per heavy atom. The van der Waals surface area contributed by atoms with Crippen LogP contribution in [0.1, 0.15) is 18.9 Å². The minimum atomic E-state index is -2.88. The van der Waals surface area contributed by atoms with Gasteiger partial charge in [0.25, 0.3) is 5.72 Å². The van der Waals surface area contributed by atoms with E-state index in [1.54, 1.807) is 23.9 Å². The molecule has 2 aromatic rings. The zero-order chi connectivity index (χ0) is 20.4. The van der Waals surface area contributed by atoms with E-state index in [4.69, 9.17) is 4.74 Å². The number of halogens is 3. The van der Waals surface area contributed by atoms with E-state index in [0.29, 0.717) is 18.7 Å². The van der Waals surface area contributed by atoms with E-state index in [0.717, 1.165) is 35.3 Å². The van der Waals surface area contributed by atoms with Crippen LogP contribution < -0.4 is 31.4 Å². The van der Waals surface area contributed by atoms with Crippen molar-refractivity contribution in [1.29, 1.82) is 0 Å². The molecule has 0 amide bonds. The lowest BCUT2D eigenvalue weighted by Crippen LogP contribution is -3.00. The molecule has 0 fully saturated rings. The van der Waals surface area contributed by atoms with Gasteiger partial charge < -0.3 is 31.6 Å². The molecular weight excluding hydrogens is 478 g/mol. The molecule has 0 bridgehead atoms. The molecular formula is C21H23BrF2N2O3S. The van der Waals surface area contributed by atoms with Gasteiger partial charge in [-0.1, -0.05) is 0 Å². The number of aliphatic hydroxyl groups is 1. The zero-order valence-electron chi connectivity index (χ0n) is 16.4. The summed E-state index contributed by atoms with van der Waals surface area (Å²) in [5.74, 6) is 1.82. The minimum Gasteiger partial charge on any atom is -1.00 e. The van der Waals surface area contributed by atoms with Gasteiger partial charge in [0, 0.05) is 11.3 Å². The van der Waals surface area contributed by atoms with Crippen LogP contribution in [-0.2, 0) is 5.72 Å². The number of amidine groups is 1. The lowest BCUT2D eigenvalue weighted by atomic mass is 10.0. The van der Waals surface area contributed by atoms with Crippen LogP contribution in [0.2, 0.25) is 0 Å². The normalized spacial score (nSPS) is 20.8. The number of benzene rings is 2. The third kappa shape index (κ3) is 4.43. The highest BCUT2D eigenvalue weighted by atomic mass is 79.9. The Kier molecular flexibility index (Phi) is 7.26. The van der Waals surface area contributed by atoms with E-state index < -0.39 is 12.3 Å². The minimum absolute atomic E-state index is 0. The van der Waals surface area contributed by atoms with Gasteiger partial charge in [-0.2, -0.15) is 13.7 Å². The van der Waals surface area contributed by atoms with E-state index in [1.807, 2.05) is 36.1 Å². The van der Waals surface area contributed by atoms with Crippen molar-refractivity contribution in [1.82, 2.24) is 0 Å². The molecule has 2 aliphatic rings. The molecule has 0 saturated heterocycles. The first-order chi connectivity index (χ1) is 14.0. The molecule has 0 spiro atoms. The molecule has 2 aromatic carbocycles. The quantitative estimate of drug-likeness (QED) is 0.596. The second-order valence-electron chi connectivity index (χ2n) is 6.89. The van der Waals surface area contributed by atoms with Crippen molar-refractivity contribution in [2.24, 2.45) is 0 Å². The highest BCUT2D eigenvalue weighted by Gasteiger charge is 2.55. The Morgan fingerprint density at radius 3 is 2.43 bits per heavy atom. The summed E-state index contributed by atoms with van der Waals surface area (Å²) in [7, 11) is 0. The van der Waals surface area contributed by atoms with Crippen molar-refractivity contribution in [3.05, 3.63) is 54.1 Å². The van der Waals surface area contributed by atoms with E-state index in [-0.39, 0.29) is 22.7 Å². The van der Waals surface area contributed by atoms with E-state index in [1.165, 1.54) is 12.1 Å². The molecule has 0 aliphatic carbocycles. The molecule has 5 nitrogen and oxygen atoms in total. The molecule has 1 atom stereocenters. The molecule has 9 heteroatoms. The van der Waals surface area contributed by atoms with Crippen LogP contribution in [-0.4, -0.2) is 46.9 Å². The number of anilines is 1. The van der Waals surface area contributed by atoms with Gasteiger partial charge in [0.15, 0.2) is 6.54 Å². The average Bonchev–Trinajstić information content (AvgIpc) is 3.02. The number of nitrogens with zero attached hydrogens (tertiary/aromatic N) is 2. The molecule has 1 unspecified atom stereocenters. The number of thioether (sulfide) groups is 1. The Hall–Kier alpha value is -1.84. The molecule has 0 radical (unpaired) electrons. The molecule has 2 heterocycles. The van der Waals surface area contributed by atoms with Crippen LogP contribution in [0.4, 0.5) is 14.5 Å². The van der Waals surface area contributed by atoms with Gasteiger partial charge >= 0.3 is 11.8 Å². The fraction of sp³-hybridized carbons (Fsp3) is 0.381. The summed E-state index contributed by atoms with van der Waals surface area (Å²) in [6.07, 6.45) is 1.04. The van der Waals surface area contributed by atoms with Gasteiger partial charge in [-0.25, -0.2) is 4.58 Å². The highest BCUT2D eigenvalue weighted by Crippen LogP contribution is 2.40. The Morgan fingerprint density at radius 2 is 1.80 bits per heavy atom. The molecule has 2 aliphatic heterocycles. The zero-order valence-corrected chi connectivity index (χ0v) is 18.8. The van der Waals surface area contributed by atoms with Crippen molar-refractivity contribution in [3.8, 4) is 11.5 Å². The summed E-state index contributed by atoms with van der Waals surface area (Å²) in [4.78, 5) is 1.93. The maximum atomic E-state index is 12.5. The first kappa shape index (κ1) is 22.8. The fourth-order valence-electron chi connectivity index (χ4n) is 3.76. The van der Waals surface area contributed by atoms with Gasteiger partial charge in [0.05, 0.1) is 13.2 Å². The van der Waals surface area contributed by atoms with Crippen LogP contribution in [0, 0.1) is 0 Å². The predicted octanol–water partition coefficient (Wildman–Crippen LogP) is 0.861. The lowest BCUT2D eigenvalue weighted by Gasteiger charge is -2.28. The van der Waals surface area contributed by atoms with E-state index in [2.05, 4.69) is 9.31 Å². The highest BCUT2D eigenvalue weighted by molar-refractivity contribution is 8.14. The van der Waals surface area contributed by atoms with Gasteiger partial charge in [-0.05, 0) is 73.6 Å². The lowest BCUT2D eigenvalue weighted by molar-refractivity contribution is -0.532. The SMILES string of the molecule is CCOc1ccc(N2C3=[N+](CCCS3)CC2(O)c2ccc(OC(F)F)cc2)cc1.[Br-]. The first-order valence-corrected chi connectivity index (χ1v) is 10.6. The van der Waals surface area contributed by atoms with Gasteiger partial charge in [-0.15, -0.1) is 0 Å². The number of hydrogen-bond donors (Lipinski definition) is 1. The van der Waals surface area contributed by atoms with Crippen LogP contribution in [0.15, 0.2) is 48.5 Å². The Balaban J connectivity index is 0.00000256. The largest absolute Gasteiger partial charge is 1.00 e. The van der Waals surface area contributed by atoms with Crippen LogP contribution in [0.5, 0.6) is 11.5 Å². The summed E-state index contributed by atoms with van der Waals surface area (Å²) in [6, 6.07) is 13.8. The fourth-order valence-corrected chi connectivity index (χ4v) is 4.94. The monoisotopic (exact) mass is 500 g/mol. The van der Waals surface area contributed by atoms with Crippen molar-refractivity contribution < 1.29 is 44.9 Å². The molecule has 0 saturated carbocycles. The molecule has 30 heavy (non-hydrogen) atoms. The summed E-state index contributed by atoms with van der Waals surface area (Å²) >= 11 is 1.71. The van der Waals surface area contributed by atoms with E-state index in [9.17, 15) is 13.9 Å². The molecule has 162 valence electrons. The molecule has 0 aromatic heterocycles. The second kappa shape index (κ2) is 9.53. The number of ether oxygens (including phenoxy) is 2. The molecule has 1 N–H and O–H groups in total. The summed E-state index contributed by atoms with van der Waals surface area (Å²) < 4.78 is 37.1. The van der Waals surface area contributed by atoms with Crippen molar-refractivity contribution >= 4 is 22.6 Å². The standard InChI is InChI=1S/C21H23F2N2O3S.BrH/c1-2-27-17-10-6-16(7-11-17)25-20-24(12-3-13-29-20)14-21(25,26)15-4-8-18(9-5-15)28-19(22)23;/h4-11,19,26H,2-3,12-14H2,1H3;1H/q+1;/p-1. The number of rotatable bonds is 6. The third-order valence-electron chi connectivity index (χ3n) is 4.99. The number of hydrogen-bond acceptors (Lipinski definition) is 5.